The number of benzene rings is 2. The fourth-order valence-electron chi connectivity index (χ4n) is 3.72. The van der Waals surface area contributed by atoms with Gasteiger partial charge in [-0.15, -0.1) is 0 Å². The van der Waals surface area contributed by atoms with Crippen molar-refractivity contribution in [3.8, 4) is 11.5 Å². The van der Waals surface area contributed by atoms with Gasteiger partial charge in [-0.2, -0.15) is 0 Å². The number of aryl methyl sites for hydroxylation is 2. The molecule has 182 valence electrons. The first-order valence-electron chi connectivity index (χ1n) is 10.9. The van der Waals surface area contributed by atoms with Crippen molar-refractivity contribution in [2.24, 2.45) is 7.05 Å². The smallest absolute Gasteiger partial charge is 0.257 e. The summed E-state index contributed by atoms with van der Waals surface area (Å²) in [7, 11) is -0.323. The molecule has 0 aliphatic carbocycles. The predicted molar refractivity (Wildman–Crippen MR) is 140 cm³/mol. The van der Waals surface area contributed by atoms with Gasteiger partial charge in [-0.3, -0.25) is 4.31 Å². The van der Waals surface area contributed by atoms with Gasteiger partial charge < -0.3 is 14.6 Å². The van der Waals surface area contributed by atoms with Crippen LogP contribution in [-0.2, 0) is 17.1 Å². The number of nitrogens with zero attached hydrogens (tertiary/aromatic N) is 6. The second-order valence-corrected chi connectivity index (χ2v) is 10.1. The molecule has 11 heteroatoms. The molecule has 0 aliphatic heterocycles. The Hall–Kier alpha value is -4.51. The number of sulfonamides is 1. The lowest BCUT2D eigenvalue weighted by molar-refractivity contribution is 0.479. The molecule has 0 unspecified atom stereocenters. The number of fused-ring (bicyclic) bond motifs is 2. The third kappa shape index (κ3) is 4.31. The van der Waals surface area contributed by atoms with E-state index in [0.29, 0.717) is 28.4 Å². The molecule has 0 saturated carbocycles. The number of ether oxygens (including phenoxy) is 1. The quantitative estimate of drug-likeness (QED) is 0.342. The molecule has 10 nitrogen and oxygen atoms in total. The number of hydrogen-bond donors (Lipinski definition) is 1. The summed E-state index contributed by atoms with van der Waals surface area (Å²) < 4.78 is 33.5. The highest BCUT2D eigenvalue weighted by Crippen LogP contribution is 2.31. The summed E-state index contributed by atoms with van der Waals surface area (Å²) in [5, 5.41) is 4.13. The standard InChI is InChI=1S/C25H23N7O3S/c1-5-36(33,34)32(4)23-11-8-19-24(30-23)25(27-14-26-19)29-17-6-10-22(16(2)12-17)35-18-7-9-21-20(13-18)28-15-31(21)3/h5-15H,1H2,2-4H3,(H,26,27,29). The van der Waals surface area contributed by atoms with Crippen molar-refractivity contribution in [3.63, 3.8) is 0 Å². The summed E-state index contributed by atoms with van der Waals surface area (Å²) in [6.45, 7) is 5.31. The summed E-state index contributed by atoms with van der Waals surface area (Å²) in [5.74, 6) is 2.08. The molecule has 5 rings (SSSR count). The molecular weight excluding hydrogens is 478 g/mol. The second kappa shape index (κ2) is 8.93. The average molecular weight is 502 g/mol. The first kappa shape index (κ1) is 23.2. The summed E-state index contributed by atoms with van der Waals surface area (Å²) >= 11 is 0. The minimum absolute atomic E-state index is 0.227. The van der Waals surface area contributed by atoms with Gasteiger partial charge in [0.05, 0.1) is 22.9 Å². The van der Waals surface area contributed by atoms with E-state index in [1.54, 1.807) is 18.5 Å². The van der Waals surface area contributed by atoms with Crippen molar-refractivity contribution in [2.75, 3.05) is 16.7 Å². The maximum Gasteiger partial charge on any atom is 0.257 e. The minimum atomic E-state index is -3.68. The van der Waals surface area contributed by atoms with Crippen LogP contribution in [0.3, 0.4) is 0 Å². The Bertz CT molecular complexity index is 1730. The minimum Gasteiger partial charge on any atom is -0.457 e. The number of aromatic nitrogens is 5. The third-order valence-corrected chi connectivity index (χ3v) is 7.12. The topological polar surface area (TPSA) is 115 Å². The Kier molecular flexibility index (Phi) is 5.77. The number of hydrogen-bond acceptors (Lipinski definition) is 8. The first-order valence-corrected chi connectivity index (χ1v) is 12.5. The Morgan fingerprint density at radius 2 is 1.89 bits per heavy atom. The molecule has 2 aromatic carbocycles. The van der Waals surface area contributed by atoms with Gasteiger partial charge >= 0.3 is 0 Å². The van der Waals surface area contributed by atoms with Crippen LogP contribution in [0, 0.1) is 6.92 Å². The third-order valence-electron chi connectivity index (χ3n) is 5.74. The molecular formula is C25H23N7O3S. The van der Waals surface area contributed by atoms with E-state index >= 15 is 0 Å². The maximum atomic E-state index is 12.2. The van der Waals surface area contributed by atoms with Crippen LogP contribution in [0.1, 0.15) is 5.56 Å². The monoisotopic (exact) mass is 501 g/mol. The van der Waals surface area contributed by atoms with E-state index in [4.69, 9.17) is 4.74 Å². The molecule has 0 fully saturated rings. The molecule has 0 bridgehead atoms. The lowest BCUT2D eigenvalue weighted by Crippen LogP contribution is -2.24. The van der Waals surface area contributed by atoms with Crippen molar-refractivity contribution in [2.45, 2.75) is 6.92 Å². The SMILES string of the molecule is C=CS(=O)(=O)N(C)c1ccc2ncnc(Nc3ccc(Oc4ccc5c(c4)ncn5C)c(C)c3)c2n1. The van der Waals surface area contributed by atoms with Crippen LogP contribution in [0.15, 0.2) is 73.2 Å². The first-order chi connectivity index (χ1) is 17.2. The van der Waals surface area contributed by atoms with Gasteiger partial charge in [-0.25, -0.2) is 28.4 Å². The molecule has 36 heavy (non-hydrogen) atoms. The number of imidazole rings is 1. The van der Waals surface area contributed by atoms with E-state index in [1.165, 1.54) is 13.4 Å². The van der Waals surface area contributed by atoms with Crippen LogP contribution >= 0.6 is 0 Å². The van der Waals surface area contributed by atoms with Gasteiger partial charge in [0.1, 0.15) is 29.2 Å². The predicted octanol–water partition coefficient (Wildman–Crippen LogP) is 4.67. The van der Waals surface area contributed by atoms with E-state index < -0.39 is 10.0 Å². The normalized spacial score (nSPS) is 11.5. The molecule has 0 spiro atoms. The molecule has 0 saturated heterocycles. The molecule has 3 heterocycles. The number of nitrogens with one attached hydrogen (secondary N) is 1. The van der Waals surface area contributed by atoms with Crippen LogP contribution in [0.5, 0.6) is 11.5 Å². The number of anilines is 3. The summed E-state index contributed by atoms with van der Waals surface area (Å²) in [6, 6.07) is 14.7. The van der Waals surface area contributed by atoms with E-state index in [9.17, 15) is 8.42 Å². The van der Waals surface area contributed by atoms with Crippen molar-refractivity contribution < 1.29 is 13.2 Å². The van der Waals surface area contributed by atoms with Crippen molar-refractivity contribution >= 4 is 49.4 Å². The zero-order valence-electron chi connectivity index (χ0n) is 19.9. The number of pyridine rings is 1. The van der Waals surface area contributed by atoms with Gasteiger partial charge in [0.2, 0.25) is 0 Å². The van der Waals surface area contributed by atoms with Crippen LogP contribution in [-0.4, -0.2) is 40.0 Å². The molecule has 0 aliphatic rings. The molecule has 0 atom stereocenters. The van der Waals surface area contributed by atoms with E-state index in [2.05, 4.69) is 31.8 Å². The van der Waals surface area contributed by atoms with Gasteiger partial charge in [-0.05, 0) is 55.0 Å². The van der Waals surface area contributed by atoms with Gasteiger partial charge in [0.15, 0.2) is 5.82 Å². The highest BCUT2D eigenvalue weighted by atomic mass is 32.2. The lowest BCUT2D eigenvalue weighted by atomic mass is 10.2. The zero-order chi connectivity index (χ0) is 25.4. The Balaban J connectivity index is 1.42. The molecule has 0 radical (unpaired) electrons. The van der Waals surface area contributed by atoms with E-state index in [1.807, 2.05) is 54.9 Å². The summed E-state index contributed by atoms with van der Waals surface area (Å²) in [6.07, 6.45) is 3.19. The highest BCUT2D eigenvalue weighted by Gasteiger charge is 2.17. The summed E-state index contributed by atoms with van der Waals surface area (Å²) in [5.41, 5.74) is 4.56. The van der Waals surface area contributed by atoms with Crippen molar-refractivity contribution in [3.05, 3.63) is 78.7 Å². The number of rotatable bonds is 7. The highest BCUT2D eigenvalue weighted by molar-refractivity contribution is 7.95. The Labute approximate surface area is 208 Å². The van der Waals surface area contributed by atoms with Crippen LogP contribution < -0.4 is 14.4 Å². The van der Waals surface area contributed by atoms with Crippen LogP contribution in [0.2, 0.25) is 0 Å². The fourth-order valence-corrected chi connectivity index (χ4v) is 4.31. The zero-order valence-corrected chi connectivity index (χ0v) is 20.7. The second-order valence-electron chi connectivity index (χ2n) is 8.15. The Morgan fingerprint density at radius 1 is 1.06 bits per heavy atom. The molecule has 1 N–H and O–H groups in total. The molecule has 0 amide bonds. The van der Waals surface area contributed by atoms with Crippen LogP contribution in [0.4, 0.5) is 17.3 Å². The van der Waals surface area contributed by atoms with Crippen molar-refractivity contribution in [1.82, 2.24) is 24.5 Å². The largest absolute Gasteiger partial charge is 0.457 e. The molecule has 5 aromatic rings. The fraction of sp³-hybridized carbons (Fsp3) is 0.120. The van der Waals surface area contributed by atoms with E-state index in [0.717, 1.165) is 32.0 Å². The Morgan fingerprint density at radius 3 is 2.67 bits per heavy atom. The molecule has 3 aromatic heterocycles. The lowest BCUT2D eigenvalue weighted by Gasteiger charge is -2.17. The van der Waals surface area contributed by atoms with E-state index in [-0.39, 0.29) is 5.82 Å². The van der Waals surface area contributed by atoms with Gasteiger partial charge in [-0.1, -0.05) is 6.58 Å². The van der Waals surface area contributed by atoms with Gasteiger partial charge in [0, 0.05) is 31.3 Å². The average Bonchev–Trinajstić information content (AvgIpc) is 3.25. The van der Waals surface area contributed by atoms with Crippen molar-refractivity contribution in [1.29, 1.82) is 0 Å². The summed E-state index contributed by atoms with van der Waals surface area (Å²) in [4.78, 5) is 17.4. The van der Waals surface area contributed by atoms with Crippen LogP contribution in [0.25, 0.3) is 22.1 Å². The van der Waals surface area contributed by atoms with Gasteiger partial charge in [0.25, 0.3) is 10.0 Å². The maximum absolute atomic E-state index is 12.2.